The van der Waals surface area contributed by atoms with Crippen LogP contribution in [-0.2, 0) is 12.8 Å². The molecule has 0 fully saturated rings. The molecule has 114 valence electrons. The third-order valence-corrected chi connectivity index (χ3v) is 5.15. The smallest absolute Gasteiger partial charge is 0.000728 e. The average molecular weight is 306 g/mol. The topological polar surface area (TPSA) is 0 Å². The molecule has 0 heteroatoms. The largest absolute Gasteiger partial charge is 0.0622 e. The van der Waals surface area contributed by atoms with E-state index >= 15 is 0 Å². The second-order valence-corrected chi connectivity index (χ2v) is 6.60. The fraction of sp³-hybridized carbons (Fsp3) is 0.0833. The van der Waals surface area contributed by atoms with E-state index in [1.54, 1.807) is 0 Å². The highest BCUT2D eigenvalue weighted by molar-refractivity contribution is 5.97. The van der Waals surface area contributed by atoms with Gasteiger partial charge in [0.25, 0.3) is 0 Å². The van der Waals surface area contributed by atoms with E-state index in [9.17, 15) is 0 Å². The van der Waals surface area contributed by atoms with E-state index in [0.29, 0.717) is 0 Å². The highest BCUT2D eigenvalue weighted by Crippen LogP contribution is 2.42. The minimum absolute atomic E-state index is 0.983. The summed E-state index contributed by atoms with van der Waals surface area (Å²) in [5, 5.41) is 2.81. The molecule has 0 aliphatic heterocycles. The van der Waals surface area contributed by atoms with Crippen molar-refractivity contribution in [2.75, 3.05) is 0 Å². The Morgan fingerprint density at radius 2 is 1.33 bits per heavy atom. The SMILES string of the molecule is c1ccc(Cc2cc3c(c4ccccc24)Cc2ccccc2-3)cc1. The maximum atomic E-state index is 2.43. The Kier molecular flexibility index (Phi) is 3.02. The second kappa shape index (κ2) is 5.35. The third-order valence-electron chi connectivity index (χ3n) is 5.15. The molecule has 0 saturated carbocycles. The summed E-state index contributed by atoms with van der Waals surface area (Å²) < 4.78 is 0. The van der Waals surface area contributed by atoms with Gasteiger partial charge in [0, 0.05) is 0 Å². The van der Waals surface area contributed by atoms with E-state index in [2.05, 4.69) is 84.9 Å². The average Bonchev–Trinajstić information content (AvgIpc) is 3.02. The number of hydrogen-bond acceptors (Lipinski definition) is 0. The molecule has 0 radical (unpaired) electrons. The van der Waals surface area contributed by atoms with Crippen LogP contribution in [0.2, 0.25) is 0 Å². The van der Waals surface area contributed by atoms with Crippen LogP contribution in [0.15, 0.2) is 84.9 Å². The molecule has 0 heterocycles. The van der Waals surface area contributed by atoms with Crippen LogP contribution in [0.3, 0.4) is 0 Å². The summed E-state index contributed by atoms with van der Waals surface area (Å²) >= 11 is 0. The van der Waals surface area contributed by atoms with Crippen LogP contribution in [0.4, 0.5) is 0 Å². The molecule has 0 bridgehead atoms. The Hall–Kier alpha value is -2.86. The molecule has 0 unspecified atom stereocenters. The van der Waals surface area contributed by atoms with Gasteiger partial charge >= 0.3 is 0 Å². The van der Waals surface area contributed by atoms with Crippen molar-refractivity contribution in [2.24, 2.45) is 0 Å². The molecule has 0 atom stereocenters. The predicted octanol–water partition coefficient (Wildman–Crippen LogP) is 6.00. The highest BCUT2D eigenvalue weighted by Gasteiger charge is 2.21. The van der Waals surface area contributed by atoms with Gasteiger partial charge in [0.05, 0.1) is 0 Å². The number of benzene rings is 4. The Balaban J connectivity index is 1.76. The Morgan fingerprint density at radius 1 is 0.625 bits per heavy atom. The van der Waals surface area contributed by atoms with Gasteiger partial charge in [-0.1, -0.05) is 78.9 Å². The zero-order valence-corrected chi connectivity index (χ0v) is 13.5. The molecule has 4 aromatic rings. The number of fused-ring (bicyclic) bond motifs is 5. The predicted molar refractivity (Wildman–Crippen MR) is 101 cm³/mol. The zero-order valence-electron chi connectivity index (χ0n) is 13.5. The third kappa shape index (κ3) is 2.07. The maximum absolute atomic E-state index is 2.43. The Labute approximate surface area is 142 Å². The lowest BCUT2D eigenvalue weighted by atomic mass is 9.92. The zero-order chi connectivity index (χ0) is 15.9. The quantitative estimate of drug-likeness (QED) is 0.375. The molecule has 0 saturated heterocycles. The van der Waals surface area contributed by atoms with Crippen LogP contribution < -0.4 is 0 Å². The molecule has 1 aliphatic carbocycles. The molecule has 0 N–H and O–H groups in total. The normalized spacial score (nSPS) is 12.2. The van der Waals surface area contributed by atoms with Gasteiger partial charge in [0.2, 0.25) is 0 Å². The van der Waals surface area contributed by atoms with Crippen molar-refractivity contribution in [3.63, 3.8) is 0 Å². The van der Waals surface area contributed by atoms with Crippen LogP contribution in [-0.4, -0.2) is 0 Å². The van der Waals surface area contributed by atoms with Crippen molar-refractivity contribution >= 4 is 10.8 Å². The van der Waals surface area contributed by atoms with Crippen molar-refractivity contribution in [1.82, 2.24) is 0 Å². The number of rotatable bonds is 2. The minimum atomic E-state index is 0.983. The molecule has 24 heavy (non-hydrogen) atoms. The number of hydrogen-bond donors (Lipinski definition) is 0. The van der Waals surface area contributed by atoms with E-state index in [0.717, 1.165) is 12.8 Å². The van der Waals surface area contributed by atoms with Crippen LogP contribution in [0.1, 0.15) is 22.3 Å². The molecule has 0 nitrogen and oxygen atoms in total. The Bertz CT molecular complexity index is 1040. The van der Waals surface area contributed by atoms with Gasteiger partial charge in [-0.25, -0.2) is 0 Å². The van der Waals surface area contributed by atoms with Gasteiger partial charge in [-0.05, 0) is 63.1 Å². The van der Waals surface area contributed by atoms with Crippen molar-refractivity contribution in [1.29, 1.82) is 0 Å². The van der Waals surface area contributed by atoms with E-state index in [4.69, 9.17) is 0 Å². The molecular weight excluding hydrogens is 288 g/mol. The van der Waals surface area contributed by atoms with Gasteiger partial charge in [0.15, 0.2) is 0 Å². The summed E-state index contributed by atoms with van der Waals surface area (Å²) in [6, 6.07) is 30.9. The lowest BCUT2D eigenvalue weighted by molar-refractivity contribution is 1.21. The Morgan fingerprint density at radius 3 is 2.21 bits per heavy atom. The van der Waals surface area contributed by atoms with Gasteiger partial charge in [-0.15, -0.1) is 0 Å². The molecule has 0 amide bonds. The van der Waals surface area contributed by atoms with Crippen LogP contribution in [0.5, 0.6) is 0 Å². The first-order valence-electron chi connectivity index (χ1n) is 8.56. The van der Waals surface area contributed by atoms with Crippen LogP contribution in [0, 0.1) is 0 Å². The fourth-order valence-corrected chi connectivity index (χ4v) is 4.03. The van der Waals surface area contributed by atoms with Gasteiger partial charge in [-0.2, -0.15) is 0 Å². The van der Waals surface area contributed by atoms with Crippen molar-refractivity contribution in [3.05, 3.63) is 107 Å². The molecule has 1 aliphatic rings. The lowest BCUT2D eigenvalue weighted by Crippen LogP contribution is -1.93. The van der Waals surface area contributed by atoms with Crippen LogP contribution >= 0.6 is 0 Å². The summed E-state index contributed by atoms with van der Waals surface area (Å²) in [6.45, 7) is 0. The highest BCUT2D eigenvalue weighted by atomic mass is 14.2. The molecule has 4 aromatic carbocycles. The van der Waals surface area contributed by atoms with E-state index in [1.165, 1.54) is 44.2 Å². The maximum Gasteiger partial charge on any atom is -0.000728 e. The fourth-order valence-electron chi connectivity index (χ4n) is 4.03. The second-order valence-electron chi connectivity index (χ2n) is 6.60. The summed E-state index contributed by atoms with van der Waals surface area (Å²) in [6.07, 6.45) is 2.04. The van der Waals surface area contributed by atoms with E-state index in [1.807, 2.05) is 0 Å². The summed E-state index contributed by atoms with van der Waals surface area (Å²) in [5.41, 5.74) is 8.57. The van der Waals surface area contributed by atoms with E-state index in [-0.39, 0.29) is 0 Å². The summed E-state index contributed by atoms with van der Waals surface area (Å²) in [4.78, 5) is 0. The summed E-state index contributed by atoms with van der Waals surface area (Å²) in [7, 11) is 0. The summed E-state index contributed by atoms with van der Waals surface area (Å²) in [5.74, 6) is 0. The molecule has 0 aromatic heterocycles. The first-order valence-corrected chi connectivity index (χ1v) is 8.56. The van der Waals surface area contributed by atoms with Crippen molar-refractivity contribution in [3.8, 4) is 11.1 Å². The molecule has 0 spiro atoms. The van der Waals surface area contributed by atoms with Crippen LogP contribution in [0.25, 0.3) is 21.9 Å². The standard InChI is InChI=1S/C24H18/c1-2-8-17(9-3-1)14-19-16-23-20-11-5-4-10-18(20)15-24(23)22-13-7-6-12-21(19)22/h1-13,16H,14-15H2. The molecular formula is C24H18. The van der Waals surface area contributed by atoms with Gasteiger partial charge < -0.3 is 0 Å². The first-order chi connectivity index (χ1) is 11.9. The van der Waals surface area contributed by atoms with Gasteiger partial charge in [0.1, 0.15) is 0 Å². The van der Waals surface area contributed by atoms with Crippen molar-refractivity contribution < 1.29 is 0 Å². The van der Waals surface area contributed by atoms with Crippen molar-refractivity contribution in [2.45, 2.75) is 12.8 Å². The lowest BCUT2D eigenvalue weighted by Gasteiger charge is -2.12. The molecule has 5 rings (SSSR count). The first kappa shape index (κ1) is 13.6. The van der Waals surface area contributed by atoms with Gasteiger partial charge in [-0.3, -0.25) is 0 Å². The van der Waals surface area contributed by atoms with E-state index < -0.39 is 0 Å². The monoisotopic (exact) mass is 306 g/mol. The minimum Gasteiger partial charge on any atom is -0.0622 e.